The highest BCUT2D eigenvalue weighted by molar-refractivity contribution is 5.94. The highest BCUT2D eigenvalue weighted by atomic mass is 16.5. The summed E-state index contributed by atoms with van der Waals surface area (Å²) >= 11 is 0. The zero-order chi connectivity index (χ0) is 17.9. The van der Waals surface area contributed by atoms with E-state index in [1.807, 2.05) is 24.3 Å². The second-order valence-electron chi connectivity index (χ2n) is 6.77. The highest BCUT2D eigenvalue weighted by Crippen LogP contribution is 2.41. The van der Waals surface area contributed by atoms with Crippen molar-refractivity contribution in [2.75, 3.05) is 6.54 Å². The maximum Gasteiger partial charge on any atom is 0.251 e. The molecule has 1 amide bonds. The van der Waals surface area contributed by atoms with Crippen molar-refractivity contribution >= 4 is 5.91 Å². The van der Waals surface area contributed by atoms with E-state index < -0.39 is 0 Å². The Morgan fingerprint density at radius 2 is 2.04 bits per heavy atom. The van der Waals surface area contributed by atoms with Crippen LogP contribution in [0.4, 0.5) is 0 Å². The maximum absolute atomic E-state index is 11.9. The Kier molecular flexibility index (Phi) is 4.79. The van der Waals surface area contributed by atoms with Crippen molar-refractivity contribution in [3.8, 4) is 11.5 Å². The Morgan fingerprint density at radius 1 is 1.28 bits per heavy atom. The molecule has 0 radical (unpaired) electrons. The predicted molar refractivity (Wildman–Crippen MR) is 98.2 cm³/mol. The van der Waals surface area contributed by atoms with Crippen molar-refractivity contribution in [1.82, 2.24) is 5.32 Å². The van der Waals surface area contributed by atoms with Gasteiger partial charge in [0, 0.05) is 24.1 Å². The van der Waals surface area contributed by atoms with Gasteiger partial charge in [0.2, 0.25) is 0 Å². The molecule has 0 atom stereocenters. The molecule has 2 aromatic rings. The highest BCUT2D eigenvalue weighted by Gasteiger charge is 2.32. The van der Waals surface area contributed by atoms with Crippen LogP contribution < -0.4 is 14.8 Å². The summed E-state index contributed by atoms with van der Waals surface area (Å²) in [6.07, 6.45) is 2.54. The summed E-state index contributed by atoms with van der Waals surface area (Å²) in [5.41, 5.74) is 2.60. The lowest BCUT2D eigenvalue weighted by atomic mass is 10.0. The minimum absolute atomic E-state index is 0.108. The van der Waals surface area contributed by atoms with Gasteiger partial charge in [-0.1, -0.05) is 30.3 Å². The largest absolute Gasteiger partial charge is 0.485 e. The fourth-order valence-corrected chi connectivity index (χ4v) is 2.88. The molecule has 0 spiro atoms. The van der Waals surface area contributed by atoms with E-state index in [9.17, 15) is 4.79 Å². The molecule has 0 saturated carbocycles. The molecular weight excluding hydrogens is 314 g/mol. The number of amides is 1. The Balaban J connectivity index is 1.64. The first-order valence-corrected chi connectivity index (χ1v) is 8.40. The van der Waals surface area contributed by atoms with E-state index in [1.54, 1.807) is 18.2 Å². The molecule has 0 bridgehead atoms. The van der Waals surface area contributed by atoms with E-state index in [4.69, 9.17) is 9.47 Å². The van der Waals surface area contributed by atoms with E-state index in [2.05, 4.69) is 31.8 Å². The number of hydrogen-bond acceptors (Lipinski definition) is 3. The molecule has 1 aliphatic rings. The number of hydrogen-bond donors (Lipinski definition) is 1. The van der Waals surface area contributed by atoms with Gasteiger partial charge in [-0.05, 0) is 37.6 Å². The Hall–Kier alpha value is -2.75. The first kappa shape index (κ1) is 17.1. The van der Waals surface area contributed by atoms with Gasteiger partial charge in [-0.25, -0.2) is 0 Å². The van der Waals surface area contributed by atoms with Gasteiger partial charge in [-0.3, -0.25) is 4.79 Å². The monoisotopic (exact) mass is 337 g/mol. The van der Waals surface area contributed by atoms with Crippen molar-refractivity contribution in [2.45, 2.75) is 32.5 Å². The van der Waals surface area contributed by atoms with Crippen LogP contribution in [0.1, 0.15) is 35.3 Å². The van der Waals surface area contributed by atoms with Crippen LogP contribution in [-0.4, -0.2) is 18.1 Å². The lowest BCUT2D eigenvalue weighted by Gasteiger charge is -2.18. The molecule has 0 aliphatic carbocycles. The Labute approximate surface area is 148 Å². The molecule has 1 heterocycles. The van der Waals surface area contributed by atoms with E-state index in [0.717, 1.165) is 23.5 Å². The number of carbonyl (C=O) groups excluding carboxylic acids is 1. The zero-order valence-electron chi connectivity index (χ0n) is 14.7. The number of carbonyl (C=O) groups is 1. The van der Waals surface area contributed by atoms with Crippen molar-refractivity contribution in [1.29, 1.82) is 0 Å². The molecule has 1 N–H and O–H groups in total. The van der Waals surface area contributed by atoms with E-state index in [0.29, 0.717) is 18.7 Å². The minimum atomic E-state index is -0.192. The third kappa shape index (κ3) is 4.02. The first-order chi connectivity index (χ1) is 12.0. The molecule has 0 aromatic heterocycles. The number of para-hydroxylation sites is 1. The molecule has 3 rings (SSSR count). The molecule has 1 aliphatic heterocycles. The molecule has 25 heavy (non-hydrogen) atoms. The standard InChI is InChI=1S/C21H23NO3/c1-4-12-22-20(23)16-10-8-15(9-11-16)14-24-18-7-5-6-17-13-21(2,3)25-19(17)18/h4-11H,1,12-14H2,2-3H3,(H,22,23). The quantitative estimate of drug-likeness (QED) is 0.814. The van der Waals surface area contributed by atoms with Gasteiger partial charge in [0.05, 0.1) is 0 Å². The summed E-state index contributed by atoms with van der Waals surface area (Å²) in [4.78, 5) is 11.9. The Morgan fingerprint density at radius 3 is 2.76 bits per heavy atom. The summed E-state index contributed by atoms with van der Waals surface area (Å²) in [5, 5.41) is 2.76. The van der Waals surface area contributed by atoms with Gasteiger partial charge < -0.3 is 14.8 Å². The molecule has 0 fully saturated rings. The maximum atomic E-state index is 11.9. The summed E-state index contributed by atoms with van der Waals surface area (Å²) in [7, 11) is 0. The third-order valence-corrected chi connectivity index (χ3v) is 4.07. The SMILES string of the molecule is C=CCNC(=O)c1ccc(COc2cccc3c2OC(C)(C)C3)cc1. The number of ether oxygens (including phenoxy) is 2. The first-order valence-electron chi connectivity index (χ1n) is 8.40. The van der Waals surface area contributed by atoms with E-state index in [1.165, 1.54) is 5.56 Å². The predicted octanol–water partition coefficient (Wildman–Crippen LogP) is 3.89. The second kappa shape index (κ2) is 7.01. The average Bonchev–Trinajstić information content (AvgIpc) is 2.92. The van der Waals surface area contributed by atoms with Crippen molar-refractivity contribution in [3.05, 3.63) is 71.8 Å². The zero-order valence-corrected chi connectivity index (χ0v) is 14.7. The van der Waals surface area contributed by atoms with Crippen LogP contribution in [0.25, 0.3) is 0 Å². The van der Waals surface area contributed by atoms with Crippen LogP contribution in [0, 0.1) is 0 Å². The lowest BCUT2D eigenvalue weighted by molar-refractivity contribution is 0.0958. The topological polar surface area (TPSA) is 47.6 Å². The van der Waals surface area contributed by atoms with Crippen LogP contribution in [-0.2, 0) is 13.0 Å². The van der Waals surface area contributed by atoms with Gasteiger partial charge in [0.1, 0.15) is 12.2 Å². The number of benzene rings is 2. The molecule has 2 aromatic carbocycles. The molecule has 130 valence electrons. The fourth-order valence-electron chi connectivity index (χ4n) is 2.88. The normalized spacial score (nSPS) is 14.3. The lowest BCUT2D eigenvalue weighted by Crippen LogP contribution is -2.24. The van der Waals surface area contributed by atoms with Crippen LogP contribution in [0.3, 0.4) is 0 Å². The second-order valence-corrected chi connectivity index (χ2v) is 6.77. The van der Waals surface area contributed by atoms with Crippen LogP contribution in [0.2, 0.25) is 0 Å². The van der Waals surface area contributed by atoms with Crippen LogP contribution in [0.5, 0.6) is 11.5 Å². The summed E-state index contributed by atoms with van der Waals surface area (Å²) in [6.45, 7) is 8.62. The molecule has 4 nitrogen and oxygen atoms in total. The van der Waals surface area contributed by atoms with E-state index in [-0.39, 0.29) is 11.5 Å². The molecule has 4 heteroatoms. The van der Waals surface area contributed by atoms with Gasteiger partial charge >= 0.3 is 0 Å². The average molecular weight is 337 g/mol. The van der Waals surface area contributed by atoms with Gasteiger partial charge in [-0.15, -0.1) is 6.58 Å². The van der Waals surface area contributed by atoms with E-state index >= 15 is 0 Å². The van der Waals surface area contributed by atoms with Gasteiger partial charge in [0.15, 0.2) is 11.5 Å². The number of nitrogens with one attached hydrogen (secondary N) is 1. The Bertz CT molecular complexity index is 778. The van der Waals surface area contributed by atoms with Gasteiger partial charge in [-0.2, -0.15) is 0 Å². The molecule has 0 unspecified atom stereocenters. The minimum Gasteiger partial charge on any atom is -0.485 e. The summed E-state index contributed by atoms with van der Waals surface area (Å²) in [6, 6.07) is 13.4. The van der Waals surface area contributed by atoms with Crippen LogP contribution >= 0.6 is 0 Å². The number of rotatable bonds is 6. The van der Waals surface area contributed by atoms with Crippen molar-refractivity contribution < 1.29 is 14.3 Å². The van der Waals surface area contributed by atoms with Gasteiger partial charge in [0.25, 0.3) is 5.91 Å². The fraction of sp³-hybridized carbons (Fsp3) is 0.286. The number of fused-ring (bicyclic) bond motifs is 1. The van der Waals surface area contributed by atoms with Crippen LogP contribution in [0.15, 0.2) is 55.1 Å². The van der Waals surface area contributed by atoms with Crippen molar-refractivity contribution in [2.24, 2.45) is 0 Å². The van der Waals surface area contributed by atoms with Crippen molar-refractivity contribution in [3.63, 3.8) is 0 Å². The summed E-state index contributed by atoms with van der Waals surface area (Å²) < 4.78 is 12.0. The smallest absolute Gasteiger partial charge is 0.251 e. The molecule has 0 saturated heterocycles. The summed E-state index contributed by atoms with van der Waals surface area (Å²) in [5.74, 6) is 1.49. The molecular formula is C21H23NO3. The third-order valence-electron chi connectivity index (χ3n) is 4.07.